The quantitative estimate of drug-likeness (QED) is 0.695. The van der Waals surface area contributed by atoms with Crippen LogP contribution in [-0.2, 0) is 4.74 Å². The maximum atomic E-state index is 11.2. The summed E-state index contributed by atoms with van der Waals surface area (Å²) in [4.78, 5) is 14.9. The minimum atomic E-state index is -0.538. The van der Waals surface area contributed by atoms with Gasteiger partial charge in [0.1, 0.15) is 11.8 Å². The van der Waals surface area contributed by atoms with Gasteiger partial charge >= 0.3 is 5.97 Å². The molecule has 1 rings (SSSR count). The standard InChI is InChI=1S/C9H9N3O2/c1-2-14-9(13)8-3-7(11)6(4-10)5-12-8/h3,5H,2H2,1H3,(H2,11,12). The molecular formula is C9H9N3O2. The van der Waals surface area contributed by atoms with E-state index in [2.05, 4.69) is 4.98 Å². The number of hydrogen-bond donors (Lipinski definition) is 1. The lowest BCUT2D eigenvalue weighted by molar-refractivity contribution is 0.0519. The Morgan fingerprint density at radius 3 is 3.00 bits per heavy atom. The molecule has 0 radical (unpaired) electrons. The smallest absolute Gasteiger partial charge is 0.356 e. The highest BCUT2D eigenvalue weighted by Crippen LogP contribution is 2.10. The van der Waals surface area contributed by atoms with Gasteiger partial charge in [-0.15, -0.1) is 0 Å². The summed E-state index contributed by atoms with van der Waals surface area (Å²) < 4.78 is 4.72. The Labute approximate surface area is 81.1 Å². The van der Waals surface area contributed by atoms with Crippen molar-refractivity contribution in [3.8, 4) is 6.07 Å². The minimum absolute atomic E-state index is 0.114. The van der Waals surface area contributed by atoms with Gasteiger partial charge in [-0.25, -0.2) is 9.78 Å². The molecule has 1 aromatic heterocycles. The molecule has 0 saturated carbocycles. The predicted molar refractivity (Wildman–Crippen MR) is 49.3 cm³/mol. The summed E-state index contributed by atoms with van der Waals surface area (Å²) >= 11 is 0. The van der Waals surface area contributed by atoms with Crippen molar-refractivity contribution in [2.75, 3.05) is 12.3 Å². The number of carbonyl (C=O) groups excluding carboxylic acids is 1. The number of ether oxygens (including phenoxy) is 1. The summed E-state index contributed by atoms with van der Waals surface area (Å²) in [5.74, 6) is -0.538. The minimum Gasteiger partial charge on any atom is -0.461 e. The molecule has 0 amide bonds. The topological polar surface area (TPSA) is 89.0 Å². The van der Waals surface area contributed by atoms with Gasteiger partial charge in [0.05, 0.1) is 17.9 Å². The Morgan fingerprint density at radius 2 is 2.50 bits per heavy atom. The van der Waals surface area contributed by atoms with Gasteiger partial charge in [0.25, 0.3) is 0 Å². The van der Waals surface area contributed by atoms with Crippen LogP contribution in [0.5, 0.6) is 0 Å². The van der Waals surface area contributed by atoms with Gasteiger partial charge in [-0.3, -0.25) is 0 Å². The third kappa shape index (κ3) is 1.98. The largest absolute Gasteiger partial charge is 0.461 e. The molecule has 0 aliphatic heterocycles. The monoisotopic (exact) mass is 191 g/mol. The van der Waals surface area contributed by atoms with E-state index in [-0.39, 0.29) is 23.6 Å². The summed E-state index contributed by atoms with van der Waals surface area (Å²) in [5.41, 5.74) is 6.09. The first-order valence-corrected chi connectivity index (χ1v) is 4.01. The Hall–Kier alpha value is -2.09. The van der Waals surface area contributed by atoms with Crippen LogP contribution in [0.1, 0.15) is 23.0 Å². The zero-order chi connectivity index (χ0) is 10.6. The number of rotatable bonds is 2. The summed E-state index contributed by atoms with van der Waals surface area (Å²) in [6.45, 7) is 1.98. The fourth-order valence-corrected chi connectivity index (χ4v) is 0.881. The van der Waals surface area contributed by atoms with Crippen LogP contribution < -0.4 is 5.73 Å². The lowest BCUT2D eigenvalue weighted by atomic mass is 10.2. The van der Waals surface area contributed by atoms with E-state index >= 15 is 0 Å². The van der Waals surface area contributed by atoms with Crippen molar-refractivity contribution in [1.82, 2.24) is 4.98 Å². The van der Waals surface area contributed by atoms with Crippen LogP contribution in [-0.4, -0.2) is 17.6 Å². The molecule has 2 N–H and O–H groups in total. The average molecular weight is 191 g/mol. The fourth-order valence-electron chi connectivity index (χ4n) is 0.881. The lowest BCUT2D eigenvalue weighted by Gasteiger charge is -2.02. The molecule has 5 nitrogen and oxygen atoms in total. The van der Waals surface area contributed by atoms with Gasteiger partial charge in [0, 0.05) is 6.20 Å². The number of pyridine rings is 1. The van der Waals surface area contributed by atoms with Crippen molar-refractivity contribution in [3.63, 3.8) is 0 Å². The summed E-state index contributed by atoms with van der Waals surface area (Å²) in [5, 5.41) is 8.57. The number of nitrogens with two attached hydrogens (primary N) is 1. The highest BCUT2D eigenvalue weighted by molar-refractivity contribution is 5.88. The molecule has 1 aromatic rings. The lowest BCUT2D eigenvalue weighted by Crippen LogP contribution is -2.08. The Morgan fingerprint density at radius 1 is 1.79 bits per heavy atom. The van der Waals surface area contributed by atoms with E-state index in [0.717, 1.165) is 0 Å². The maximum absolute atomic E-state index is 11.2. The molecule has 72 valence electrons. The third-order valence-corrected chi connectivity index (χ3v) is 1.54. The first-order chi connectivity index (χ1) is 6.69. The van der Waals surface area contributed by atoms with Gasteiger partial charge in [-0.2, -0.15) is 5.26 Å². The summed E-state index contributed by atoms with van der Waals surface area (Å²) in [6, 6.07) is 3.18. The van der Waals surface area contributed by atoms with Gasteiger partial charge in [0.2, 0.25) is 0 Å². The first-order valence-electron chi connectivity index (χ1n) is 4.01. The molecule has 5 heteroatoms. The average Bonchev–Trinajstić information content (AvgIpc) is 2.18. The Kier molecular flexibility index (Phi) is 3.02. The van der Waals surface area contributed by atoms with Crippen LogP contribution >= 0.6 is 0 Å². The van der Waals surface area contributed by atoms with E-state index in [4.69, 9.17) is 15.7 Å². The molecule has 0 unspecified atom stereocenters. The number of nitrogens with zero attached hydrogens (tertiary/aromatic N) is 2. The molecule has 0 fully saturated rings. The molecule has 0 saturated heterocycles. The number of carbonyl (C=O) groups is 1. The van der Waals surface area contributed by atoms with Gasteiger partial charge < -0.3 is 10.5 Å². The van der Waals surface area contributed by atoms with E-state index in [9.17, 15) is 4.79 Å². The molecule has 14 heavy (non-hydrogen) atoms. The van der Waals surface area contributed by atoms with Crippen LogP contribution in [0.3, 0.4) is 0 Å². The zero-order valence-corrected chi connectivity index (χ0v) is 7.65. The Bertz CT molecular complexity index is 396. The van der Waals surface area contributed by atoms with E-state index in [0.29, 0.717) is 0 Å². The molecule has 0 spiro atoms. The number of nitrogen functional groups attached to an aromatic ring is 1. The van der Waals surface area contributed by atoms with Crippen LogP contribution in [0.4, 0.5) is 5.69 Å². The van der Waals surface area contributed by atoms with Crippen LogP contribution in [0, 0.1) is 11.3 Å². The van der Waals surface area contributed by atoms with Gasteiger partial charge in [0.15, 0.2) is 0 Å². The number of esters is 1. The number of hydrogen-bond acceptors (Lipinski definition) is 5. The highest BCUT2D eigenvalue weighted by Gasteiger charge is 2.09. The molecule has 0 bridgehead atoms. The van der Waals surface area contributed by atoms with Crippen LogP contribution in [0.2, 0.25) is 0 Å². The summed E-state index contributed by atoms with van der Waals surface area (Å²) in [7, 11) is 0. The van der Waals surface area contributed by atoms with Crippen molar-refractivity contribution in [1.29, 1.82) is 5.26 Å². The van der Waals surface area contributed by atoms with E-state index in [1.54, 1.807) is 6.92 Å². The van der Waals surface area contributed by atoms with Crippen molar-refractivity contribution < 1.29 is 9.53 Å². The third-order valence-electron chi connectivity index (χ3n) is 1.54. The molecule has 0 aliphatic carbocycles. The Balaban J connectivity index is 2.98. The SMILES string of the molecule is CCOC(=O)c1cc(N)c(C#N)cn1. The van der Waals surface area contributed by atoms with Crippen molar-refractivity contribution in [2.24, 2.45) is 0 Å². The van der Waals surface area contributed by atoms with E-state index in [1.165, 1.54) is 12.3 Å². The highest BCUT2D eigenvalue weighted by atomic mass is 16.5. The maximum Gasteiger partial charge on any atom is 0.356 e. The van der Waals surface area contributed by atoms with Crippen molar-refractivity contribution in [3.05, 3.63) is 23.5 Å². The van der Waals surface area contributed by atoms with Crippen LogP contribution in [0.25, 0.3) is 0 Å². The normalized spacial score (nSPS) is 9.14. The first kappa shape index (κ1) is 9.99. The van der Waals surface area contributed by atoms with Gasteiger partial charge in [-0.05, 0) is 13.0 Å². The predicted octanol–water partition coefficient (Wildman–Crippen LogP) is 0.712. The number of anilines is 1. The molecule has 0 aliphatic rings. The number of aromatic nitrogens is 1. The van der Waals surface area contributed by atoms with Crippen LogP contribution in [0.15, 0.2) is 12.3 Å². The van der Waals surface area contributed by atoms with Gasteiger partial charge in [-0.1, -0.05) is 0 Å². The fraction of sp³-hybridized carbons (Fsp3) is 0.222. The molecule has 0 aromatic carbocycles. The van der Waals surface area contributed by atoms with Crippen molar-refractivity contribution >= 4 is 11.7 Å². The summed E-state index contributed by atoms with van der Waals surface area (Å²) in [6.07, 6.45) is 1.25. The van der Waals surface area contributed by atoms with E-state index < -0.39 is 5.97 Å². The second-order valence-electron chi connectivity index (χ2n) is 2.49. The molecule has 0 atom stereocenters. The van der Waals surface area contributed by atoms with Crippen molar-refractivity contribution in [2.45, 2.75) is 6.92 Å². The second kappa shape index (κ2) is 4.23. The second-order valence-corrected chi connectivity index (χ2v) is 2.49. The number of nitriles is 1. The molecular weight excluding hydrogens is 182 g/mol. The zero-order valence-electron chi connectivity index (χ0n) is 7.65. The molecule has 1 heterocycles. The van der Waals surface area contributed by atoms with E-state index in [1.807, 2.05) is 6.07 Å².